The summed E-state index contributed by atoms with van der Waals surface area (Å²) in [6, 6.07) is 17.1. The Bertz CT molecular complexity index is 602. The Hall–Kier alpha value is -2.59. The summed E-state index contributed by atoms with van der Waals surface area (Å²) >= 11 is 0. The topological polar surface area (TPSA) is 66.8 Å². The fraction of sp³-hybridized carbons (Fsp3) is 0.118. The minimum absolute atomic E-state index is 0.269. The van der Waals surface area contributed by atoms with Crippen LogP contribution < -0.4 is 4.74 Å². The zero-order valence-corrected chi connectivity index (χ0v) is 11.3. The molecule has 0 aliphatic carbocycles. The summed E-state index contributed by atoms with van der Waals surface area (Å²) in [5.74, 6) is -0.774. The van der Waals surface area contributed by atoms with Crippen LogP contribution in [0.3, 0.4) is 0 Å². The SMILES string of the molecule is O=C(O)C(O)COc1ccc(/C=C/c2ccccc2)cc1. The lowest BCUT2D eigenvalue weighted by molar-refractivity contribution is -0.148. The van der Waals surface area contributed by atoms with Crippen LogP contribution in [0.4, 0.5) is 0 Å². The van der Waals surface area contributed by atoms with Crippen molar-refractivity contribution in [3.63, 3.8) is 0 Å². The standard InChI is InChI=1S/C17H16O4/c18-16(17(19)20)12-21-15-10-8-14(9-11-15)7-6-13-4-2-1-3-5-13/h1-11,16,18H,12H2,(H,19,20)/b7-6+. The van der Waals surface area contributed by atoms with Gasteiger partial charge in [-0.15, -0.1) is 0 Å². The van der Waals surface area contributed by atoms with Gasteiger partial charge >= 0.3 is 5.97 Å². The first kappa shape index (κ1) is 14.8. The number of hydrogen-bond donors (Lipinski definition) is 2. The number of carboxylic acids is 1. The second-order valence-corrected chi connectivity index (χ2v) is 4.48. The maximum absolute atomic E-state index is 10.5. The molecule has 0 fully saturated rings. The molecular formula is C17H16O4. The lowest BCUT2D eigenvalue weighted by Crippen LogP contribution is -2.26. The van der Waals surface area contributed by atoms with Gasteiger partial charge in [0.1, 0.15) is 12.4 Å². The molecule has 0 spiro atoms. The molecule has 0 bridgehead atoms. The largest absolute Gasteiger partial charge is 0.490 e. The van der Waals surface area contributed by atoms with Crippen molar-refractivity contribution < 1.29 is 19.7 Å². The summed E-state index contributed by atoms with van der Waals surface area (Å²) < 4.78 is 5.19. The molecule has 0 aromatic heterocycles. The van der Waals surface area contributed by atoms with Gasteiger partial charge in [-0.1, -0.05) is 54.6 Å². The lowest BCUT2D eigenvalue weighted by Gasteiger charge is -2.08. The van der Waals surface area contributed by atoms with Crippen LogP contribution in [-0.4, -0.2) is 28.9 Å². The first-order valence-electron chi connectivity index (χ1n) is 6.52. The first-order valence-corrected chi connectivity index (χ1v) is 6.52. The van der Waals surface area contributed by atoms with Gasteiger partial charge in [-0.25, -0.2) is 4.79 Å². The second kappa shape index (κ2) is 7.26. The average molecular weight is 284 g/mol. The van der Waals surface area contributed by atoms with E-state index in [-0.39, 0.29) is 6.61 Å². The van der Waals surface area contributed by atoms with Crippen molar-refractivity contribution in [2.45, 2.75) is 6.10 Å². The first-order chi connectivity index (χ1) is 10.1. The van der Waals surface area contributed by atoms with Crippen LogP contribution in [0.1, 0.15) is 11.1 Å². The maximum atomic E-state index is 10.5. The van der Waals surface area contributed by atoms with Crippen molar-refractivity contribution >= 4 is 18.1 Å². The van der Waals surface area contributed by atoms with E-state index in [9.17, 15) is 4.79 Å². The van der Waals surface area contributed by atoms with Crippen molar-refractivity contribution in [3.8, 4) is 5.75 Å². The number of rotatable bonds is 6. The number of hydrogen-bond acceptors (Lipinski definition) is 3. The molecule has 0 heterocycles. The van der Waals surface area contributed by atoms with Crippen LogP contribution in [0.15, 0.2) is 54.6 Å². The Balaban J connectivity index is 1.93. The van der Waals surface area contributed by atoms with E-state index >= 15 is 0 Å². The van der Waals surface area contributed by atoms with Gasteiger partial charge in [0.2, 0.25) is 0 Å². The molecular weight excluding hydrogens is 268 g/mol. The van der Waals surface area contributed by atoms with Gasteiger partial charge in [0, 0.05) is 0 Å². The van der Waals surface area contributed by atoms with Crippen LogP contribution >= 0.6 is 0 Å². The van der Waals surface area contributed by atoms with Crippen LogP contribution in [0.2, 0.25) is 0 Å². The molecule has 2 rings (SSSR count). The molecule has 4 nitrogen and oxygen atoms in total. The van der Waals surface area contributed by atoms with Gasteiger partial charge in [-0.05, 0) is 23.3 Å². The highest BCUT2D eigenvalue weighted by molar-refractivity contribution is 5.72. The molecule has 0 aliphatic heterocycles. The quantitative estimate of drug-likeness (QED) is 0.800. The van der Waals surface area contributed by atoms with Gasteiger partial charge in [0.05, 0.1) is 0 Å². The van der Waals surface area contributed by atoms with Crippen molar-refractivity contribution in [1.82, 2.24) is 0 Å². The normalized spacial score (nSPS) is 12.2. The predicted molar refractivity (Wildman–Crippen MR) is 80.9 cm³/mol. The summed E-state index contributed by atoms with van der Waals surface area (Å²) in [6.45, 7) is -0.269. The summed E-state index contributed by atoms with van der Waals surface area (Å²) in [6.07, 6.45) is 2.47. The summed E-state index contributed by atoms with van der Waals surface area (Å²) in [5, 5.41) is 17.7. The maximum Gasteiger partial charge on any atom is 0.336 e. The third kappa shape index (κ3) is 4.78. The zero-order chi connectivity index (χ0) is 15.1. The van der Waals surface area contributed by atoms with E-state index in [1.807, 2.05) is 54.6 Å². The highest BCUT2D eigenvalue weighted by atomic mass is 16.5. The van der Waals surface area contributed by atoms with Gasteiger partial charge in [0.25, 0.3) is 0 Å². The average Bonchev–Trinajstić information content (AvgIpc) is 2.52. The van der Waals surface area contributed by atoms with Gasteiger partial charge in [-0.3, -0.25) is 0 Å². The van der Waals surface area contributed by atoms with Crippen LogP contribution in [0.25, 0.3) is 12.2 Å². The van der Waals surface area contributed by atoms with E-state index in [4.69, 9.17) is 14.9 Å². The monoisotopic (exact) mass is 284 g/mol. The molecule has 2 aromatic rings. The molecule has 21 heavy (non-hydrogen) atoms. The summed E-state index contributed by atoms with van der Waals surface area (Å²) in [7, 11) is 0. The zero-order valence-electron chi connectivity index (χ0n) is 11.3. The fourth-order valence-electron chi connectivity index (χ4n) is 1.68. The third-order valence-corrected chi connectivity index (χ3v) is 2.84. The van der Waals surface area contributed by atoms with E-state index in [0.717, 1.165) is 11.1 Å². The number of aliphatic hydroxyl groups excluding tert-OH is 1. The number of ether oxygens (including phenoxy) is 1. The van der Waals surface area contributed by atoms with Gasteiger partial charge in [-0.2, -0.15) is 0 Å². The van der Waals surface area contributed by atoms with E-state index in [0.29, 0.717) is 5.75 Å². The highest BCUT2D eigenvalue weighted by Crippen LogP contribution is 2.14. The molecule has 108 valence electrons. The van der Waals surface area contributed by atoms with Gasteiger partial charge < -0.3 is 14.9 Å². The molecule has 4 heteroatoms. The predicted octanol–water partition coefficient (Wildman–Crippen LogP) is 2.68. The Morgan fingerprint density at radius 3 is 2.14 bits per heavy atom. The molecule has 0 amide bonds. The van der Waals surface area contributed by atoms with Crippen molar-refractivity contribution in [1.29, 1.82) is 0 Å². The van der Waals surface area contributed by atoms with E-state index in [1.54, 1.807) is 12.1 Å². The fourth-order valence-corrected chi connectivity index (χ4v) is 1.68. The summed E-state index contributed by atoms with van der Waals surface area (Å²) in [5.41, 5.74) is 2.12. The Labute approximate surface area is 122 Å². The number of carboxylic acid groups (broad SMARTS) is 1. The van der Waals surface area contributed by atoms with Crippen molar-refractivity contribution in [2.24, 2.45) is 0 Å². The molecule has 0 saturated heterocycles. The highest BCUT2D eigenvalue weighted by Gasteiger charge is 2.13. The minimum Gasteiger partial charge on any atom is -0.490 e. The smallest absolute Gasteiger partial charge is 0.336 e. The van der Waals surface area contributed by atoms with Crippen LogP contribution in [-0.2, 0) is 4.79 Å². The number of benzene rings is 2. The third-order valence-electron chi connectivity index (χ3n) is 2.84. The Kier molecular flexibility index (Phi) is 5.12. The lowest BCUT2D eigenvalue weighted by atomic mass is 10.1. The number of carbonyl (C=O) groups is 1. The Morgan fingerprint density at radius 2 is 1.57 bits per heavy atom. The van der Waals surface area contributed by atoms with E-state index in [2.05, 4.69) is 0 Å². The minimum atomic E-state index is -1.51. The van der Waals surface area contributed by atoms with Crippen molar-refractivity contribution in [2.75, 3.05) is 6.61 Å². The van der Waals surface area contributed by atoms with Crippen LogP contribution in [0.5, 0.6) is 5.75 Å². The molecule has 2 N–H and O–H groups in total. The van der Waals surface area contributed by atoms with Crippen LogP contribution in [0, 0.1) is 0 Å². The molecule has 1 unspecified atom stereocenters. The van der Waals surface area contributed by atoms with Crippen molar-refractivity contribution in [3.05, 3.63) is 65.7 Å². The molecule has 2 aromatic carbocycles. The van der Waals surface area contributed by atoms with Gasteiger partial charge in [0.15, 0.2) is 6.10 Å². The number of aliphatic carboxylic acids is 1. The number of aliphatic hydroxyl groups is 1. The second-order valence-electron chi connectivity index (χ2n) is 4.48. The molecule has 0 radical (unpaired) electrons. The Morgan fingerprint density at radius 1 is 1.00 bits per heavy atom. The molecule has 0 aliphatic rings. The van der Waals surface area contributed by atoms with E-state index in [1.165, 1.54) is 0 Å². The molecule has 0 saturated carbocycles. The van der Waals surface area contributed by atoms with E-state index < -0.39 is 12.1 Å². The molecule has 1 atom stereocenters. The summed E-state index contributed by atoms with van der Waals surface area (Å²) in [4.78, 5) is 10.5.